The first-order chi connectivity index (χ1) is 6.93. The first kappa shape index (κ1) is 11.9. The van der Waals surface area contributed by atoms with E-state index in [1.54, 1.807) is 12.1 Å². The van der Waals surface area contributed by atoms with Crippen molar-refractivity contribution in [3.63, 3.8) is 0 Å². The van der Waals surface area contributed by atoms with Gasteiger partial charge in [0, 0.05) is 12.4 Å². The topological polar surface area (TPSA) is 85.1 Å². The second-order valence-corrected chi connectivity index (χ2v) is 5.40. The molecule has 5 nitrogen and oxygen atoms in total. The quantitative estimate of drug-likeness (QED) is 0.754. The zero-order chi connectivity index (χ0) is 11.5. The van der Waals surface area contributed by atoms with Gasteiger partial charge in [0.15, 0.2) is 0 Å². The van der Waals surface area contributed by atoms with Gasteiger partial charge < -0.3 is 5.73 Å². The summed E-state index contributed by atoms with van der Waals surface area (Å²) in [5.74, 6) is 0. The van der Waals surface area contributed by atoms with Crippen molar-refractivity contribution in [2.75, 3.05) is 4.72 Å². The Bertz CT molecular complexity index is 444. The summed E-state index contributed by atoms with van der Waals surface area (Å²) in [4.78, 5) is 3.71. The van der Waals surface area contributed by atoms with E-state index in [2.05, 4.69) is 21.9 Å². The second-order valence-electron chi connectivity index (χ2n) is 2.93. The summed E-state index contributed by atoms with van der Waals surface area (Å²) >= 11 is 4.63. The van der Waals surface area contributed by atoms with Gasteiger partial charge in [0.1, 0.15) is 5.25 Å². The number of sulfonamides is 1. The number of rotatable bonds is 4. The fraction of sp³-hybridized carbons (Fsp3) is 0.250. The molecule has 0 saturated carbocycles. The third-order valence-corrected chi connectivity index (χ3v) is 4.01. The van der Waals surface area contributed by atoms with Crippen LogP contribution in [-0.2, 0) is 10.0 Å². The van der Waals surface area contributed by atoms with E-state index in [0.29, 0.717) is 5.69 Å². The highest BCUT2D eigenvalue weighted by molar-refractivity contribution is 7.95. The smallest absolute Gasteiger partial charge is 0.241 e. The number of pyridine rings is 1. The summed E-state index contributed by atoms with van der Waals surface area (Å²) in [6.07, 6.45) is 2.98. The minimum absolute atomic E-state index is 0.0587. The molecule has 0 aliphatic heterocycles. The monoisotopic (exact) mass is 245 g/mol. The standard InChI is InChI=1S/C8H11N3O2S2/c1-6(8(9)14)15(12,13)11-7-2-4-10-5-3-7/h2-6H,1H3,(H2,9,14)(H,10,11). The minimum atomic E-state index is -3.56. The molecule has 0 saturated heterocycles. The molecule has 7 heteroatoms. The average Bonchev–Trinajstić information content (AvgIpc) is 2.17. The van der Waals surface area contributed by atoms with Gasteiger partial charge in [-0.3, -0.25) is 9.71 Å². The molecular weight excluding hydrogens is 234 g/mol. The van der Waals surface area contributed by atoms with Crippen LogP contribution in [0.4, 0.5) is 5.69 Å². The first-order valence-electron chi connectivity index (χ1n) is 4.14. The molecule has 0 fully saturated rings. The number of nitrogens with one attached hydrogen (secondary N) is 1. The summed E-state index contributed by atoms with van der Waals surface area (Å²) in [7, 11) is -3.56. The number of aromatic nitrogens is 1. The maximum Gasteiger partial charge on any atom is 0.241 e. The van der Waals surface area contributed by atoms with Crippen LogP contribution in [0.5, 0.6) is 0 Å². The van der Waals surface area contributed by atoms with Crippen molar-refractivity contribution in [2.24, 2.45) is 5.73 Å². The van der Waals surface area contributed by atoms with Crippen LogP contribution < -0.4 is 10.5 Å². The Kier molecular flexibility index (Phi) is 3.59. The molecule has 0 bridgehead atoms. The Hall–Kier alpha value is -1.21. The lowest BCUT2D eigenvalue weighted by Gasteiger charge is -2.12. The molecule has 0 aliphatic carbocycles. The van der Waals surface area contributed by atoms with Crippen LogP contribution in [0.25, 0.3) is 0 Å². The van der Waals surface area contributed by atoms with Crippen molar-refractivity contribution in [3.8, 4) is 0 Å². The van der Waals surface area contributed by atoms with Crippen molar-refractivity contribution < 1.29 is 8.42 Å². The van der Waals surface area contributed by atoms with Crippen LogP contribution in [0.15, 0.2) is 24.5 Å². The van der Waals surface area contributed by atoms with E-state index in [0.717, 1.165) is 0 Å². The molecule has 1 aromatic rings. The molecule has 1 unspecified atom stereocenters. The van der Waals surface area contributed by atoms with Crippen molar-refractivity contribution in [3.05, 3.63) is 24.5 Å². The molecule has 1 rings (SSSR count). The Morgan fingerprint density at radius 1 is 1.53 bits per heavy atom. The maximum atomic E-state index is 11.6. The Morgan fingerprint density at radius 3 is 2.53 bits per heavy atom. The highest BCUT2D eigenvalue weighted by atomic mass is 32.2. The van der Waals surface area contributed by atoms with Gasteiger partial charge in [0.25, 0.3) is 0 Å². The number of thiocarbonyl (C=S) groups is 1. The Balaban J connectivity index is 2.87. The van der Waals surface area contributed by atoms with Crippen molar-refractivity contribution in [2.45, 2.75) is 12.2 Å². The Morgan fingerprint density at radius 2 is 2.07 bits per heavy atom. The van der Waals surface area contributed by atoms with Crippen molar-refractivity contribution >= 4 is 32.9 Å². The predicted molar refractivity (Wildman–Crippen MR) is 63.0 cm³/mol. The van der Waals surface area contributed by atoms with Gasteiger partial charge in [-0.15, -0.1) is 0 Å². The number of hydrogen-bond acceptors (Lipinski definition) is 4. The third-order valence-electron chi connectivity index (χ3n) is 1.81. The van der Waals surface area contributed by atoms with Crippen molar-refractivity contribution in [1.29, 1.82) is 0 Å². The van der Waals surface area contributed by atoms with Crippen LogP contribution in [0.1, 0.15) is 6.92 Å². The molecule has 1 atom stereocenters. The van der Waals surface area contributed by atoms with Crippen molar-refractivity contribution in [1.82, 2.24) is 4.98 Å². The number of nitrogens with two attached hydrogens (primary N) is 1. The number of nitrogens with zero attached hydrogens (tertiary/aromatic N) is 1. The van der Waals surface area contributed by atoms with Gasteiger partial charge in [-0.2, -0.15) is 0 Å². The number of hydrogen-bond donors (Lipinski definition) is 2. The molecular formula is C8H11N3O2S2. The predicted octanol–water partition coefficient (Wildman–Crippen LogP) is 0.498. The molecule has 0 amide bonds. The molecule has 0 spiro atoms. The van der Waals surface area contributed by atoms with Gasteiger partial charge >= 0.3 is 0 Å². The lowest BCUT2D eigenvalue weighted by atomic mass is 10.4. The van der Waals surface area contributed by atoms with E-state index in [1.165, 1.54) is 19.3 Å². The van der Waals surface area contributed by atoms with Crippen LogP contribution >= 0.6 is 12.2 Å². The summed E-state index contributed by atoms with van der Waals surface area (Å²) in [6, 6.07) is 3.09. The fourth-order valence-corrected chi connectivity index (χ4v) is 2.15. The second kappa shape index (κ2) is 4.54. The maximum absolute atomic E-state index is 11.6. The largest absolute Gasteiger partial charge is 0.392 e. The molecule has 82 valence electrons. The van der Waals surface area contributed by atoms with Gasteiger partial charge in [0.05, 0.1) is 10.7 Å². The van der Waals surface area contributed by atoms with Crippen LogP contribution in [0, 0.1) is 0 Å². The van der Waals surface area contributed by atoms with Gasteiger partial charge in [-0.05, 0) is 19.1 Å². The highest BCUT2D eigenvalue weighted by Gasteiger charge is 2.22. The summed E-state index contributed by atoms with van der Waals surface area (Å²) < 4.78 is 25.6. The zero-order valence-corrected chi connectivity index (χ0v) is 9.68. The van der Waals surface area contributed by atoms with Gasteiger partial charge in [0.2, 0.25) is 10.0 Å². The molecule has 3 N–H and O–H groups in total. The molecule has 1 heterocycles. The molecule has 15 heavy (non-hydrogen) atoms. The lowest BCUT2D eigenvalue weighted by molar-refractivity contribution is 0.598. The van der Waals surface area contributed by atoms with E-state index < -0.39 is 15.3 Å². The van der Waals surface area contributed by atoms with Gasteiger partial charge in [-0.1, -0.05) is 12.2 Å². The molecule has 1 aromatic heterocycles. The van der Waals surface area contributed by atoms with E-state index >= 15 is 0 Å². The van der Waals surface area contributed by atoms with Crippen LogP contribution in [0.2, 0.25) is 0 Å². The average molecular weight is 245 g/mol. The summed E-state index contributed by atoms with van der Waals surface area (Å²) in [5, 5.41) is -0.902. The molecule has 0 radical (unpaired) electrons. The van der Waals surface area contributed by atoms with E-state index in [1.807, 2.05) is 0 Å². The molecule has 0 aromatic carbocycles. The van der Waals surface area contributed by atoms with E-state index in [-0.39, 0.29) is 4.99 Å². The van der Waals surface area contributed by atoms with Crippen LogP contribution in [0.3, 0.4) is 0 Å². The lowest BCUT2D eigenvalue weighted by Crippen LogP contribution is -2.35. The van der Waals surface area contributed by atoms with Gasteiger partial charge in [-0.25, -0.2) is 8.42 Å². The number of anilines is 1. The third kappa shape index (κ3) is 3.14. The Labute approximate surface area is 93.8 Å². The molecule has 0 aliphatic rings. The first-order valence-corrected chi connectivity index (χ1v) is 6.10. The van der Waals surface area contributed by atoms with Crippen LogP contribution in [-0.4, -0.2) is 23.6 Å². The minimum Gasteiger partial charge on any atom is -0.392 e. The summed E-state index contributed by atoms with van der Waals surface area (Å²) in [5.41, 5.74) is 5.71. The highest BCUT2D eigenvalue weighted by Crippen LogP contribution is 2.10. The normalized spacial score (nSPS) is 13.1. The fourth-order valence-electron chi connectivity index (χ4n) is 0.826. The zero-order valence-electron chi connectivity index (χ0n) is 8.04. The summed E-state index contributed by atoms with van der Waals surface area (Å²) in [6.45, 7) is 1.44. The van der Waals surface area contributed by atoms with E-state index in [9.17, 15) is 8.42 Å². The SMILES string of the molecule is CC(C(N)=S)S(=O)(=O)Nc1ccncc1. The van der Waals surface area contributed by atoms with E-state index in [4.69, 9.17) is 5.73 Å².